The maximum atomic E-state index is 3.43. The maximum Gasteiger partial charge on any atom is 0.0837 e. The molecule has 0 atom stereocenters. The van der Waals surface area contributed by atoms with Crippen molar-refractivity contribution in [3.8, 4) is 11.8 Å². The summed E-state index contributed by atoms with van der Waals surface area (Å²) in [6.45, 7) is 6.86. The standard InChI is InChI=1S/C16H20N2/c1-3-5-10-18-11-8-15-12-14(6-7-16(15)18)13-17-9-4-2/h6-8,11-12,17H,4,9-10,13H2,1-2H3. The largest absolute Gasteiger partial charge is 0.336 e. The van der Waals surface area contributed by atoms with E-state index in [0.717, 1.165) is 19.6 Å². The maximum absolute atomic E-state index is 3.43. The van der Waals surface area contributed by atoms with Gasteiger partial charge in [0.15, 0.2) is 0 Å². The van der Waals surface area contributed by atoms with Crippen LogP contribution < -0.4 is 5.32 Å². The Kier molecular flexibility index (Phi) is 4.44. The zero-order valence-corrected chi connectivity index (χ0v) is 11.2. The minimum Gasteiger partial charge on any atom is -0.336 e. The number of rotatable bonds is 5. The number of hydrogen-bond donors (Lipinski definition) is 1. The quantitative estimate of drug-likeness (QED) is 0.627. The Hall–Kier alpha value is -1.72. The predicted octanol–water partition coefficient (Wildman–Crippen LogP) is 3.16. The lowest BCUT2D eigenvalue weighted by Gasteiger charge is -2.05. The highest BCUT2D eigenvalue weighted by Crippen LogP contribution is 2.17. The molecule has 0 amide bonds. The summed E-state index contributed by atoms with van der Waals surface area (Å²) < 4.78 is 2.19. The minimum absolute atomic E-state index is 0.771. The lowest BCUT2D eigenvalue weighted by molar-refractivity contribution is 0.676. The number of aromatic nitrogens is 1. The molecule has 2 rings (SSSR count). The zero-order chi connectivity index (χ0) is 12.8. The second-order valence-electron chi connectivity index (χ2n) is 4.44. The van der Waals surface area contributed by atoms with Crippen LogP contribution in [0.15, 0.2) is 30.5 Å². The van der Waals surface area contributed by atoms with Crippen molar-refractivity contribution in [2.24, 2.45) is 0 Å². The fourth-order valence-electron chi connectivity index (χ4n) is 2.07. The average molecular weight is 240 g/mol. The summed E-state index contributed by atoms with van der Waals surface area (Å²) in [5, 5.41) is 4.72. The van der Waals surface area contributed by atoms with Gasteiger partial charge in [0.05, 0.1) is 6.54 Å². The number of benzene rings is 1. The first-order valence-corrected chi connectivity index (χ1v) is 6.53. The summed E-state index contributed by atoms with van der Waals surface area (Å²) in [4.78, 5) is 0. The van der Waals surface area contributed by atoms with Crippen LogP contribution in [0.5, 0.6) is 0 Å². The third kappa shape index (κ3) is 2.94. The molecule has 18 heavy (non-hydrogen) atoms. The Morgan fingerprint density at radius 1 is 1.28 bits per heavy atom. The van der Waals surface area contributed by atoms with E-state index in [2.05, 4.69) is 59.1 Å². The topological polar surface area (TPSA) is 17.0 Å². The van der Waals surface area contributed by atoms with Crippen molar-refractivity contribution in [2.75, 3.05) is 6.54 Å². The molecule has 1 aromatic carbocycles. The van der Waals surface area contributed by atoms with Gasteiger partial charge < -0.3 is 9.88 Å². The number of hydrogen-bond acceptors (Lipinski definition) is 1. The summed E-state index contributed by atoms with van der Waals surface area (Å²) in [6.07, 6.45) is 3.28. The van der Waals surface area contributed by atoms with Crippen molar-refractivity contribution in [2.45, 2.75) is 33.4 Å². The number of nitrogens with zero attached hydrogens (tertiary/aromatic N) is 1. The molecule has 0 bridgehead atoms. The lowest BCUT2D eigenvalue weighted by Crippen LogP contribution is -2.13. The van der Waals surface area contributed by atoms with Crippen LogP contribution in [0.4, 0.5) is 0 Å². The fraction of sp³-hybridized carbons (Fsp3) is 0.375. The highest BCUT2D eigenvalue weighted by molar-refractivity contribution is 5.81. The first-order valence-electron chi connectivity index (χ1n) is 6.53. The molecule has 2 aromatic rings. The van der Waals surface area contributed by atoms with E-state index in [0.29, 0.717) is 0 Å². The zero-order valence-electron chi connectivity index (χ0n) is 11.2. The summed E-state index contributed by atoms with van der Waals surface area (Å²) in [5.41, 5.74) is 2.60. The van der Waals surface area contributed by atoms with Gasteiger partial charge in [-0.3, -0.25) is 0 Å². The van der Waals surface area contributed by atoms with Gasteiger partial charge in [-0.15, -0.1) is 5.92 Å². The molecule has 94 valence electrons. The third-order valence-electron chi connectivity index (χ3n) is 3.02. The molecule has 0 aliphatic heterocycles. The molecule has 0 unspecified atom stereocenters. The molecule has 1 heterocycles. The van der Waals surface area contributed by atoms with Crippen LogP contribution in [0, 0.1) is 11.8 Å². The molecule has 1 aromatic heterocycles. The predicted molar refractivity (Wildman–Crippen MR) is 77.4 cm³/mol. The van der Waals surface area contributed by atoms with E-state index < -0.39 is 0 Å². The SMILES string of the molecule is CC#CCn1ccc2cc(CNCCC)ccc21. The van der Waals surface area contributed by atoms with E-state index in [1.165, 1.54) is 22.9 Å². The average Bonchev–Trinajstić information content (AvgIpc) is 2.79. The van der Waals surface area contributed by atoms with Crippen molar-refractivity contribution in [1.82, 2.24) is 9.88 Å². The van der Waals surface area contributed by atoms with Crippen LogP contribution in [0.2, 0.25) is 0 Å². The van der Waals surface area contributed by atoms with Crippen molar-refractivity contribution < 1.29 is 0 Å². The van der Waals surface area contributed by atoms with Crippen LogP contribution in [0.3, 0.4) is 0 Å². The summed E-state index contributed by atoms with van der Waals surface area (Å²) in [6, 6.07) is 8.81. The minimum atomic E-state index is 0.771. The van der Waals surface area contributed by atoms with Gasteiger partial charge in [-0.2, -0.15) is 0 Å². The van der Waals surface area contributed by atoms with Crippen molar-refractivity contribution in [3.63, 3.8) is 0 Å². The third-order valence-corrected chi connectivity index (χ3v) is 3.02. The van der Waals surface area contributed by atoms with Crippen LogP contribution in [0.25, 0.3) is 10.9 Å². The molecule has 2 nitrogen and oxygen atoms in total. The van der Waals surface area contributed by atoms with Crippen molar-refractivity contribution >= 4 is 10.9 Å². The van der Waals surface area contributed by atoms with Gasteiger partial charge in [0.2, 0.25) is 0 Å². The Labute approximate surface area is 109 Å². The molecule has 0 aliphatic carbocycles. The molecule has 2 heteroatoms. The molecule has 0 spiro atoms. The second kappa shape index (κ2) is 6.28. The highest BCUT2D eigenvalue weighted by Gasteiger charge is 2.01. The van der Waals surface area contributed by atoms with Gasteiger partial charge >= 0.3 is 0 Å². The fourth-order valence-corrected chi connectivity index (χ4v) is 2.07. The Morgan fingerprint density at radius 2 is 2.17 bits per heavy atom. The molecular weight excluding hydrogens is 220 g/mol. The van der Waals surface area contributed by atoms with Gasteiger partial charge in [0.1, 0.15) is 0 Å². The number of fused-ring (bicyclic) bond motifs is 1. The highest BCUT2D eigenvalue weighted by atomic mass is 14.9. The number of nitrogens with one attached hydrogen (secondary N) is 1. The van der Waals surface area contributed by atoms with Crippen molar-refractivity contribution in [1.29, 1.82) is 0 Å². The van der Waals surface area contributed by atoms with E-state index in [-0.39, 0.29) is 0 Å². The molecule has 0 fully saturated rings. The van der Waals surface area contributed by atoms with Gasteiger partial charge in [-0.1, -0.05) is 18.9 Å². The molecular formula is C16H20N2. The molecule has 1 N–H and O–H groups in total. The first kappa shape index (κ1) is 12.7. The first-order chi connectivity index (χ1) is 8.85. The Balaban J connectivity index is 2.16. The summed E-state index contributed by atoms with van der Waals surface area (Å²) in [5.74, 6) is 6.04. The molecule has 0 saturated carbocycles. The van der Waals surface area contributed by atoms with Crippen LogP contribution in [-0.2, 0) is 13.1 Å². The van der Waals surface area contributed by atoms with E-state index in [1.807, 2.05) is 6.92 Å². The molecule has 0 aliphatic rings. The van der Waals surface area contributed by atoms with Gasteiger partial charge in [0, 0.05) is 18.3 Å². The van der Waals surface area contributed by atoms with E-state index in [4.69, 9.17) is 0 Å². The normalized spacial score (nSPS) is 10.3. The van der Waals surface area contributed by atoms with Gasteiger partial charge in [-0.25, -0.2) is 0 Å². The molecule has 0 saturated heterocycles. The van der Waals surface area contributed by atoms with Crippen LogP contribution in [-0.4, -0.2) is 11.1 Å². The Morgan fingerprint density at radius 3 is 2.94 bits per heavy atom. The van der Waals surface area contributed by atoms with Crippen LogP contribution >= 0.6 is 0 Å². The lowest BCUT2D eigenvalue weighted by atomic mass is 10.1. The van der Waals surface area contributed by atoms with E-state index >= 15 is 0 Å². The Bertz CT molecular complexity index is 570. The monoisotopic (exact) mass is 240 g/mol. The smallest absolute Gasteiger partial charge is 0.0837 e. The molecule has 0 radical (unpaired) electrons. The van der Waals surface area contributed by atoms with Gasteiger partial charge in [-0.05, 0) is 49.0 Å². The van der Waals surface area contributed by atoms with Crippen LogP contribution in [0.1, 0.15) is 25.8 Å². The van der Waals surface area contributed by atoms with Crippen molar-refractivity contribution in [3.05, 3.63) is 36.0 Å². The van der Waals surface area contributed by atoms with Gasteiger partial charge in [0.25, 0.3) is 0 Å². The summed E-state index contributed by atoms with van der Waals surface area (Å²) >= 11 is 0. The van der Waals surface area contributed by atoms with E-state index in [9.17, 15) is 0 Å². The van der Waals surface area contributed by atoms with E-state index in [1.54, 1.807) is 0 Å². The summed E-state index contributed by atoms with van der Waals surface area (Å²) in [7, 11) is 0. The second-order valence-corrected chi connectivity index (χ2v) is 4.44.